The maximum absolute atomic E-state index is 12.6. The van der Waals surface area contributed by atoms with Crippen molar-refractivity contribution in [1.29, 1.82) is 0 Å². The number of carbonyl (C=O) groups excluding carboxylic acids is 1. The highest BCUT2D eigenvalue weighted by atomic mass is 16.5. The molecule has 1 aromatic carbocycles. The van der Waals surface area contributed by atoms with Gasteiger partial charge in [-0.1, -0.05) is 6.07 Å². The third-order valence-corrected chi connectivity index (χ3v) is 3.88. The van der Waals surface area contributed by atoms with Gasteiger partial charge in [-0.2, -0.15) is 0 Å². The fraction of sp³-hybridized carbons (Fsp3) is 0.500. The molecule has 1 aliphatic heterocycles. The summed E-state index contributed by atoms with van der Waals surface area (Å²) in [5.74, 6) is -0.777. The van der Waals surface area contributed by atoms with E-state index >= 15 is 0 Å². The van der Waals surface area contributed by atoms with E-state index in [1.54, 1.807) is 29.2 Å². The number of nitrogens with zero attached hydrogens (tertiary/aromatic N) is 1. The first-order valence-corrected chi connectivity index (χ1v) is 7.29. The van der Waals surface area contributed by atoms with Crippen molar-refractivity contribution in [1.82, 2.24) is 4.90 Å². The second-order valence-electron chi connectivity index (χ2n) is 5.38. The fourth-order valence-electron chi connectivity index (χ4n) is 2.64. The molecule has 1 amide bonds. The molecule has 0 saturated carbocycles. The minimum absolute atomic E-state index is 0.0591. The number of ether oxygens (including phenoxy) is 1. The lowest BCUT2D eigenvalue weighted by molar-refractivity contribution is -0.143. The molecule has 2 unspecified atom stereocenters. The second-order valence-corrected chi connectivity index (χ2v) is 5.38. The average Bonchev–Trinajstić information content (AvgIpc) is 2.47. The zero-order valence-electron chi connectivity index (χ0n) is 12.4. The Hall–Kier alpha value is -2.04. The van der Waals surface area contributed by atoms with E-state index in [2.05, 4.69) is 0 Å². The molecule has 0 spiro atoms. The summed E-state index contributed by atoms with van der Waals surface area (Å²) in [6.07, 6.45) is 1.34. The van der Waals surface area contributed by atoms with Crippen molar-refractivity contribution in [2.75, 3.05) is 13.2 Å². The van der Waals surface area contributed by atoms with Crippen molar-refractivity contribution in [2.45, 2.75) is 32.7 Å². The molecular formula is C16H21NO4. The number of amides is 1. The van der Waals surface area contributed by atoms with Gasteiger partial charge in [0.25, 0.3) is 5.91 Å². The van der Waals surface area contributed by atoms with Crippen LogP contribution in [-0.2, 0) is 4.79 Å². The van der Waals surface area contributed by atoms with E-state index in [0.29, 0.717) is 30.8 Å². The molecule has 1 N–H and O–H groups in total. The van der Waals surface area contributed by atoms with Crippen molar-refractivity contribution in [3.8, 4) is 5.75 Å². The quantitative estimate of drug-likeness (QED) is 0.925. The van der Waals surface area contributed by atoms with Crippen molar-refractivity contribution < 1.29 is 19.4 Å². The molecule has 2 rings (SSSR count). The Morgan fingerprint density at radius 2 is 2.14 bits per heavy atom. The number of carbonyl (C=O) groups is 2. The first kappa shape index (κ1) is 15.4. The van der Waals surface area contributed by atoms with Gasteiger partial charge in [-0.3, -0.25) is 9.59 Å². The number of hydrogen-bond acceptors (Lipinski definition) is 3. The lowest BCUT2D eigenvalue weighted by Crippen LogP contribution is -2.47. The number of benzene rings is 1. The van der Waals surface area contributed by atoms with Crippen LogP contribution in [0.3, 0.4) is 0 Å². The average molecular weight is 291 g/mol. The maximum atomic E-state index is 12.6. The maximum Gasteiger partial charge on any atom is 0.308 e. The van der Waals surface area contributed by atoms with Crippen LogP contribution < -0.4 is 4.74 Å². The highest BCUT2D eigenvalue weighted by Crippen LogP contribution is 2.25. The predicted molar refractivity (Wildman–Crippen MR) is 78.5 cm³/mol. The van der Waals surface area contributed by atoms with Crippen LogP contribution in [0, 0.1) is 5.92 Å². The smallest absolute Gasteiger partial charge is 0.308 e. The lowest BCUT2D eigenvalue weighted by atomic mass is 9.93. The van der Waals surface area contributed by atoms with E-state index in [0.717, 1.165) is 0 Å². The highest BCUT2D eigenvalue weighted by Gasteiger charge is 2.32. The number of rotatable bonds is 4. The molecule has 1 fully saturated rings. The van der Waals surface area contributed by atoms with Crippen molar-refractivity contribution in [2.24, 2.45) is 5.92 Å². The molecule has 1 saturated heterocycles. The van der Waals surface area contributed by atoms with Gasteiger partial charge >= 0.3 is 5.97 Å². The summed E-state index contributed by atoms with van der Waals surface area (Å²) in [5.41, 5.74) is 0.541. The minimum atomic E-state index is -0.831. The molecule has 0 aliphatic carbocycles. The number of aliphatic carboxylic acids is 1. The van der Waals surface area contributed by atoms with Gasteiger partial charge in [-0.05, 0) is 44.9 Å². The topological polar surface area (TPSA) is 66.8 Å². The molecular weight excluding hydrogens is 270 g/mol. The molecule has 1 heterocycles. The van der Waals surface area contributed by atoms with Gasteiger partial charge in [0.1, 0.15) is 5.75 Å². The van der Waals surface area contributed by atoms with Gasteiger partial charge < -0.3 is 14.7 Å². The van der Waals surface area contributed by atoms with Gasteiger partial charge in [0.05, 0.1) is 12.5 Å². The van der Waals surface area contributed by atoms with Crippen LogP contribution in [0.1, 0.15) is 37.0 Å². The summed E-state index contributed by atoms with van der Waals surface area (Å²) in [4.78, 5) is 25.4. The van der Waals surface area contributed by atoms with E-state index in [4.69, 9.17) is 9.84 Å². The molecule has 0 bridgehead atoms. The van der Waals surface area contributed by atoms with E-state index < -0.39 is 11.9 Å². The summed E-state index contributed by atoms with van der Waals surface area (Å²) in [6, 6.07) is 7.09. The van der Waals surface area contributed by atoms with E-state index in [1.807, 2.05) is 13.8 Å². The predicted octanol–water partition coefficient (Wildman–Crippen LogP) is 2.41. The normalized spacial score (nSPS) is 21.9. The highest BCUT2D eigenvalue weighted by molar-refractivity contribution is 5.95. The van der Waals surface area contributed by atoms with Gasteiger partial charge in [0.15, 0.2) is 0 Å². The summed E-state index contributed by atoms with van der Waals surface area (Å²) >= 11 is 0. The molecule has 0 aromatic heterocycles. The molecule has 1 aliphatic rings. The van der Waals surface area contributed by atoms with Crippen LogP contribution in [0.15, 0.2) is 24.3 Å². The zero-order valence-corrected chi connectivity index (χ0v) is 12.4. The summed E-state index contributed by atoms with van der Waals surface area (Å²) < 4.78 is 5.41. The molecule has 1 aromatic rings. The van der Waals surface area contributed by atoms with Crippen LogP contribution in [0.2, 0.25) is 0 Å². The van der Waals surface area contributed by atoms with Crippen LogP contribution in [0.25, 0.3) is 0 Å². The number of likely N-dealkylation sites (tertiary alicyclic amines) is 1. The van der Waals surface area contributed by atoms with Crippen molar-refractivity contribution >= 4 is 11.9 Å². The van der Waals surface area contributed by atoms with Gasteiger partial charge in [-0.25, -0.2) is 0 Å². The Kier molecular flexibility index (Phi) is 4.83. The summed E-state index contributed by atoms with van der Waals surface area (Å²) in [7, 11) is 0. The van der Waals surface area contributed by atoms with Crippen molar-refractivity contribution in [3.05, 3.63) is 29.8 Å². The first-order valence-electron chi connectivity index (χ1n) is 7.29. The van der Waals surface area contributed by atoms with Gasteiger partial charge in [0.2, 0.25) is 0 Å². The number of carboxylic acids is 1. The summed E-state index contributed by atoms with van der Waals surface area (Å²) in [6.45, 7) is 4.66. The standard InChI is InChI=1S/C16H21NO4/c1-3-21-14-6-4-5-12(9-14)15(18)17-10-13(16(19)20)8-7-11(17)2/h4-6,9,11,13H,3,7-8,10H2,1-2H3,(H,19,20). The Balaban J connectivity index is 2.17. The molecule has 0 radical (unpaired) electrons. The SMILES string of the molecule is CCOc1cccc(C(=O)N2CC(C(=O)O)CCC2C)c1. The molecule has 5 nitrogen and oxygen atoms in total. The molecule has 5 heteroatoms. The summed E-state index contributed by atoms with van der Waals surface area (Å²) in [5, 5.41) is 9.15. The largest absolute Gasteiger partial charge is 0.494 e. The molecule has 21 heavy (non-hydrogen) atoms. The van der Waals surface area contributed by atoms with Crippen LogP contribution in [0.5, 0.6) is 5.75 Å². The van der Waals surface area contributed by atoms with Crippen molar-refractivity contribution in [3.63, 3.8) is 0 Å². The third kappa shape index (κ3) is 3.54. The van der Waals surface area contributed by atoms with Crippen LogP contribution >= 0.6 is 0 Å². The van der Waals surface area contributed by atoms with Gasteiger partial charge in [0, 0.05) is 18.2 Å². The Morgan fingerprint density at radius 3 is 2.81 bits per heavy atom. The van der Waals surface area contributed by atoms with E-state index in [-0.39, 0.29) is 18.5 Å². The Bertz CT molecular complexity index is 529. The number of piperidine rings is 1. The van der Waals surface area contributed by atoms with Gasteiger partial charge in [-0.15, -0.1) is 0 Å². The number of carboxylic acid groups (broad SMARTS) is 1. The lowest BCUT2D eigenvalue weighted by Gasteiger charge is -2.36. The van der Waals surface area contributed by atoms with Crippen LogP contribution in [0.4, 0.5) is 0 Å². The zero-order chi connectivity index (χ0) is 15.4. The third-order valence-electron chi connectivity index (χ3n) is 3.88. The minimum Gasteiger partial charge on any atom is -0.494 e. The Labute approximate surface area is 124 Å². The molecule has 2 atom stereocenters. The first-order chi connectivity index (χ1) is 10.0. The van der Waals surface area contributed by atoms with Crippen LogP contribution in [-0.4, -0.2) is 41.1 Å². The monoisotopic (exact) mass is 291 g/mol. The fourth-order valence-corrected chi connectivity index (χ4v) is 2.64. The Morgan fingerprint density at radius 1 is 1.38 bits per heavy atom. The van der Waals surface area contributed by atoms with E-state index in [1.165, 1.54) is 0 Å². The van der Waals surface area contributed by atoms with E-state index in [9.17, 15) is 9.59 Å². The molecule has 114 valence electrons. The number of hydrogen-bond donors (Lipinski definition) is 1. The second kappa shape index (κ2) is 6.61.